The van der Waals surface area contributed by atoms with Crippen LogP contribution in [0.5, 0.6) is 0 Å². The van der Waals surface area contributed by atoms with Gasteiger partial charge in [-0.25, -0.2) is 4.39 Å². The number of rotatable bonds is 1. The molecule has 2 atom stereocenters. The number of carbonyl (C=O) groups excluding carboxylic acids is 1. The van der Waals surface area contributed by atoms with Gasteiger partial charge in [-0.2, -0.15) is 0 Å². The molecular weight excluding hydrogens is 245 g/mol. The lowest BCUT2D eigenvalue weighted by molar-refractivity contribution is -0.120. The lowest BCUT2D eigenvalue weighted by atomic mass is 9.85. The molecule has 0 aliphatic carbocycles. The molecule has 0 saturated heterocycles. The minimum Gasteiger partial charge on any atom is -0.387 e. The van der Waals surface area contributed by atoms with Gasteiger partial charge in [0.2, 0.25) is 5.91 Å². The van der Waals surface area contributed by atoms with Gasteiger partial charge >= 0.3 is 0 Å². The molecule has 96 valence electrons. The predicted molar refractivity (Wildman–Crippen MR) is 69.2 cm³/mol. The van der Waals surface area contributed by atoms with E-state index < -0.39 is 17.8 Å². The summed E-state index contributed by atoms with van der Waals surface area (Å²) in [5, 5.41) is 13.0. The Kier molecular flexibility index (Phi) is 2.80. The van der Waals surface area contributed by atoms with Crippen molar-refractivity contribution in [1.82, 2.24) is 0 Å². The van der Waals surface area contributed by atoms with E-state index in [9.17, 15) is 14.3 Å². The Morgan fingerprint density at radius 3 is 2.58 bits per heavy atom. The summed E-state index contributed by atoms with van der Waals surface area (Å²) < 4.78 is 13.3. The number of hydrogen-bond donors (Lipinski definition) is 2. The number of fused-ring (bicyclic) bond motifs is 1. The van der Waals surface area contributed by atoms with Crippen molar-refractivity contribution in [3.05, 3.63) is 65.5 Å². The fourth-order valence-corrected chi connectivity index (χ4v) is 2.42. The van der Waals surface area contributed by atoms with Gasteiger partial charge in [0.1, 0.15) is 5.82 Å². The summed E-state index contributed by atoms with van der Waals surface area (Å²) in [5.74, 6) is -1.42. The van der Waals surface area contributed by atoms with E-state index in [1.807, 2.05) is 6.07 Å². The summed E-state index contributed by atoms with van der Waals surface area (Å²) in [6, 6.07) is 13.0. The van der Waals surface area contributed by atoms with Gasteiger partial charge in [0.15, 0.2) is 0 Å². The first-order valence-corrected chi connectivity index (χ1v) is 6.00. The van der Waals surface area contributed by atoms with Crippen LogP contribution in [0, 0.1) is 5.82 Å². The van der Waals surface area contributed by atoms with Crippen molar-refractivity contribution in [3.8, 4) is 0 Å². The number of halogens is 1. The fourth-order valence-electron chi connectivity index (χ4n) is 2.42. The van der Waals surface area contributed by atoms with E-state index in [0.29, 0.717) is 16.8 Å². The van der Waals surface area contributed by atoms with Crippen molar-refractivity contribution in [1.29, 1.82) is 0 Å². The predicted octanol–water partition coefficient (Wildman–Crippen LogP) is 2.60. The average molecular weight is 257 g/mol. The SMILES string of the molecule is O=C1Nc2ccc(F)cc2C(O)C1c1ccccc1. The van der Waals surface area contributed by atoms with Crippen LogP contribution in [-0.2, 0) is 4.79 Å². The molecule has 2 N–H and O–H groups in total. The maximum Gasteiger partial charge on any atom is 0.234 e. The molecule has 1 amide bonds. The molecule has 0 radical (unpaired) electrons. The summed E-state index contributed by atoms with van der Waals surface area (Å²) in [6.45, 7) is 0. The minimum atomic E-state index is -1.04. The normalized spacial score (nSPS) is 21.7. The Morgan fingerprint density at radius 2 is 1.84 bits per heavy atom. The third-order valence-corrected chi connectivity index (χ3v) is 3.35. The van der Waals surface area contributed by atoms with Crippen molar-refractivity contribution < 1.29 is 14.3 Å². The molecule has 0 fully saturated rings. The second kappa shape index (κ2) is 4.48. The number of nitrogens with one attached hydrogen (secondary N) is 1. The number of benzene rings is 2. The van der Waals surface area contributed by atoms with Gasteiger partial charge < -0.3 is 10.4 Å². The smallest absolute Gasteiger partial charge is 0.234 e. The fraction of sp³-hybridized carbons (Fsp3) is 0.133. The quantitative estimate of drug-likeness (QED) is 0.825. The third-order valence-electron chi connectivity index (χ3n) is 3.35. The van der Waals surface area contributed by atoms with Crippen molar-refractivity contribution in [2.24, 2.45) is 0 Å². The molecule has 2 unspecified atom stereocenters. The zero-order valence-corrected chi connectivity index (χ0v) is 10.0. The topological polar surface area (TPSA) is 49.3 Å². The highest BCUT2D eigenvalue weighted by molar-refractivity contribution is 5.99. The molecule has 3 nitrogen and oxygen atoms in total. The lowest BCUT2D eigenvalue weighted by Crippen LogP contribution is -2.32. The van der Waals surface area contributed by atoms with E-state index >= 15 is 0 Å². The van der Waals surface area contributed by atoms with Gasteiger partial charge in [-0.3, -0.25) is 4.79 Å². The highest BCUT2D eigenvalue weighted by Crippen LogP contribution is 2.39. The monoisotopic (exact) mass is 257 g/mol. The average Bonchev–Trinajstić information content (AvgIpc) is 2.41. The van der Waals surface area contributed by atoms with Gasteiger partial charge in [-0.05, 0) is 23.8 Å². The molecule has 0 aromatic heterocycles. The first kappa shape index (κ1) is 11.9. The Bertz CT molecular complexity index is 627. The molecule has 2 aromatic rings. The van der Waals surface area contributed by atoms with E-state index in [1.165, 1.54) is 18.2 Å². The van der Waals surface area contributed by atoms with Crippen LogP contribution < -0.4 is 5.32 Å². The number of carbonyl (C=O) groups is 1. The highest BCUT2D eigenvalue weighted by atomic mass is 19.1. The largest absolute Gasteiger partial charge is 0.387 e. The highest BCUT2D eigenvalue weighted by Gasteiger charge is 2.35. The molecule has 1 aliphatic rings. The van der Waals surface area contributed by atoms with Crippen molar-refractivity contribution in [2.75, 3.05) is 5.32 Å². The maximum absolute atomic E-state index is 13.3. The second-order valence-electron chi connectivity index (χ2n) is 4.55. The van der Waals surface area contributed by atoms with Crippen LogP contribution in [0.3, 0.4) is 0 Å². The Morgan fingerprint density at radius 1 is 1.11 bits per heavy atom. The molecule has 0 bridgehead atoms. The molecule has 3 rings (SSSR count). The van der Waals surface area contributed by atoms with E-state index in [4.69, 9.17) is 0 Å². The van der Waals surface area contributed by atoms with Gasteiger partial charge in [-0.1, -0.05) is 30.3 Å². The Balaban J connectivity index is 2.07. The maximum atomic E-state index is 13.3. The van der Waals surface area contributed by atoms with Crippen LogP contribution in [0.15, 0.2) is 48.5 Å². The van der Waals surface area contributed by atoms with Gasteiger partial charge in [0.05, 0.1) is 12.0 Å². The van der Waals surface area contributed by atoms with Crippen LogP contribution in [-0.4, -0.2) is 11.0 Å². The van der Waals surface area contributed by atoms with Crippen molar-refractivity contribution in [3.63, 3.8) is 0 Å². The minimum absolute atomic E-state index is 0.280. The Labute approximate surface area is 109 Å². The van der Waals surface area contributed by atoms with E-state index in [2.05, 4.69) is 5.32 Å². The first-order chi connectivity index (χ1) is 9.16. The molecule has 2 aromatic carbocycles. The number of aliphatic hydroxyl groups excluding tert-OH is 1. The van der Waals surface area contributed by atoms with Crippen LogP contribution in [0.4, 0.5) is 10.1 Å². The number of anilines is 1. The van der Waals surface area contributed by atoms with Gasteiger partial charge in [0.25, 0.3) is 0 Å². The zero-order valence-electron chi connectivity index (χ0n) is 10.0. The molecule has 0 spiro atoms. The van der Waals surface area contributed by atoms with Crippen LogP contribution in [0.2, 0.25) is 0 Å². The third kappa shape index (κ3) is 2.00. The Hall–Kier alpha value is -2.20. The molecule has 19 heavy (non-hydrogen) atoms. The number of amides is 1. The lowest BCUT2D eigenvalue weighted by Gasteiger charge is -2.29. The van der Waals surface area contributed by atoms with Gasteiger partial charge in [-0.15, -0.1) is 0 Å². The molecule has 0 saturated carbocycles. The van der Waals surface area contributed by atoms with Gasteiger partial charge in [0, 0.05) is 11.3 Å². The molecule has 4 heteroatoms. The number of hydrogen-bond acceptors (Lipinski definition) is 2. The first-order valence-electron chi connectivity index (χ1n) is 6.00. The summed E-state index contributed by atoms with van der Waals surface area (Å²) in [7, 11) is 0. The molecule has 1 heterocycles. The number of aliphatic hydroxyl groups is 1. The summed E-state index contributed by atoms with van der Waals surface area (Å²) in [5.41, 5.74) is 1.59. The second-order valence-corrected chi connectivity index (χ2v) is 4.55. The van der Waals surface area contributed by atoms with E-state index in [0.717, 1.165) is 0 Å². The summed E-state index contributed by atoms with van der Waals surface area (Å²) >= 11 is 0. The van der Waals surface area contributed by atoms with E-state index in [-0.39, 0.29) is 5.91 Å². The zero-order chi connectivity index (χ0) is 13.4. The van der Waals surface area contributed by atoms with Crippen molar-refractivity contribution >= 4 is 11.6 Å². The van der Waals surface area contributed by atoms with Crippen LogP contribution in [0.1, 0.15) is 23.1 Å². The van der Waals surface area contributed by atoms with E-state index in [1.54, 1.807) is 24.3 Å². The summed E-state index contributed by atoms with van der Waals surface area (Å²) in [6.07, 6.45) is -1.04. The van der Waals surface area contributed by atoms with Crippen molar-refractivity contribution in [2.45, 2.75) is 12.0 Å². The van der Waals surface area contributed by atoms with Crippen LogP contribution in [0.25, 0.3) is 0 Å². The molecular formula is C15H12FNO2. The summed E-state index contributed by atoms with van der Waals surface area (Å²) in [4.78, 5) is 12.1. The molecule has 1 aliphatic heterocycles. The van der Waals surface area contributed by atoms with Crippen LogP contribution >= 0.6 is 0 Å². The standard InChI is InChI=1S/C15H12FNO2/c16-10-6-7-12-11(8-10)14(18)13(15(19)17-12)9-4-2-1-3-5-9/h1-8,13-14,18H,(H,17,19).